The maximum absolute atomic E-state index is 11.1. The smallest absolute Gasteiger partial charge is 0.311 e. The molecule has 1 heterocycles. The number of ether oxygens (including phenoxy) is 1. The van der Waals surface area contributed by atoms with Crippen molar-refractivity contribution in [1.29, 1.82) is 0 Å². The van der Waals surface area contributed by atoms with Gasteiger partial charge in [-0.15, -0.1) is 0 Å². The van der Waals surface area contributed by atoms with Crippen LogP contribution in [0.1, 0.15) is 12.7 Å². The predicted octanol–water partition coefficient (Wildman–Crippen LogP) is 3.52. The zero-order chi connectivity index (χ0) is 18.0. The Bertz CT molecular complexity index is 920. The van der Waals surface area contributed by atoms with Crippen LogP contribution in [0.15, 0.2) is 42.5 Å². The van der Waals surface area contributed by atoms with Gasteiger partial charge in [0.15, 0.2) is 5.75 Å². The molecule has 0 aliphatic rings. The molecule has 0 bridgehead atoms. The monoisotopic (exact) mass is 340 g/mol. The lowest BCUT2D eigenvalue weighted by Gasteiger charge is -2.19. The van der Waals surface area contributed by atoms with Gasteiger partial charge in [0.05, 0.1) is 29.1 Å². The van der Waals surface area contributed by atoms with Crippen LogP contribution in [0.4, 0.5) is 11.4 Å². The molecule has 1 aromatic heterocycles. The largest absolute Gasteiger partial charge is 0.487 e. The quantitative estimate of drug-likeness (QED) is 0.507. The third kappa shape index (κ3) is 3.26. The lowest BCUT2D eigenvalue weighted by Crippen LogP contribution is -2.19. The van der Waals surface area contributed by atoms with E-state index in [0.29, 0.717) is 13.2 Å². The standard InChI is InChI=1S/C18H20N4O3/c1-4-25-17-11-13(9-10-16(17)22(23)24)20(2)12-18-19-14-7-5-6-8-15(14)21(18)3/h5-11H,4,12H2,1-3H3. The van der Waals surface area contributed by atoms with Crippen LogP contribution < -0.4 is 9.64 Å². The summed E-state index contributed by atoms with van der Waals surface area (Å²) in [5.74, 6) is 1.20. The number of imidazole rings is 1. The molecule has 0 aliphatic heterocycles. The van der Waals surface area contributed by atoms with Crippen molar-refractivity contribution < 1.29 is 9.66 Å². The van der Waals surface area contributed by atoms with Crippen LogP contribution in [0.25, 0.3) is 11.0 Å². The number of nitro groups is 1. The molecule has 0 saturated carbocycles. The number of para-hydroxylation sites is 2. The number of fused-ring (bicyclic) bond motifs is 1. The summed E-state index contributed by atoms with van der Waals surface area (Å²) in [4.78, 5) is 17.3. The molecule has 25 heavy (non-hydrogen) atoms. The van der Waals surface area contributed by atoms with Crippen LogP contribution in [0.3, 0.4) is 0 Å². The molecule has 0 spiro atoms. The van der Waals surface area contributed by atoms with Gasteiger partial charge in [-0.05, 0) is 25.1 Å². The summed E-state index contributed by atoms with van der Waals surface area (Å²) in [5.41, 5.74) is 2.83. The SMILES string of the molecule is CCOc1cc(N(C)Cc2nc3ccccc3n2C)ccc1[N+](=O)[O-]. The first-order valence-corrected chi connectivity index (χ1v) is 8.04. The number of anilines is 1. The first kappa shape index (κ1) is 16.8. The van der Waals surface area contributed by atoms with E-state index in [0.717, 1.165) is 22.5 Å². The Kier molecular flexibility index (Phi) is 4.56. The zero-order valence-electron chi connectivity index (χ0n) is 14.5. The molecule has 0 N–H and O–H groups in total. The van der Waals surface area contributed by atoms with Crippen LogP contribution in [-0.2, 0) is 13.6 Å². The first-order chi connectivity index (χ1) is 12.0. The second-order valence-corrected chi connectivity index (χ2v) is 5.77. The number of aryl methyl sites for hydroxylation is 1. The third-order valence-corrected chi connectivity index (χ3v) is 4.14. The molecule has 2 aromatic carbocycles. The zero-order valence-corrected chi connectivity index (χ0v) is 14.5. The van der Waals surface area contributed by atoms with Crippen molar-refractivity contribution in [3.63, 3.8) is 0 Å². The van der Waals surface area contributed by atoms with E-state index < -0.39 is 4.92 Å². The van der Waals surface area contributed by atoms with E-state index in [1.54, 1.807) is 19.1 Å². The van der Waals surface area contributed by atoms with Gasteiger partial charge >= 0.3 is 5.69 Å². The van der Waals surface area contributed by atoms with Gasteiger partial charge in [-0.2, -0.15) is 0 Å². The molecule has 3 rings (SSSR count). The number of benzene rings is 2. The van der Waals surface area contributed by atoms with E-state index >= 15 is 0 Å². The van der Waals surface area contributed by atoms with E-state index in [1.165, 1.54) is 6.07 Å². The van der Waals surface area contributed by atoms with Gasteiger partial charge in [0.1, 0.15) is 5.82 Å². The topological polar surface area (TPSA) is 73.4 Å². The van der Waals surface area contributed by atoms with Gasteiger partial charge in [0.25, 0.3) is 0 Å². The molecule has 3 aromatic rings. The highest BCUT2D eigenvalue weighted by Crippen LogP contribution is 2.32. The number of rotatable bonds is 6. The number of hydrogen-bond acceptors (Lipinski definition) is 5. The molecule has 130 valence electrons. The third-order valence-electron chi connectivity index (χ3n) is 4.14. The maximum Gasteiger partial charge on any atom is 0.311 e. The highest BCUT2D eigenvalue weighted by molar-refractivity contribution is 5.75. The molecule has 0 atom stereocenters. The maximum atomic E-state index is 11.1. The Morgan fingerprint density at radius 3 is 2.72 bits per heavy atom. The average molecular weight is 340 g/mol. The second-order valence-electron chi connectivity index (χ2n) is 5.77. The van der Waals surface area contributed by atoms with E-state index in [2.05, 4.69) is 9.55 Å². The fourth-order valence-corrected chi connectivity index (χ4v) is 2.80. The lowest BCUT2D eigenvalue weighted by atomic mass is 10.2. The minimum Gasteiger partial charge on any atom is -0.487 e. The Hall–Kier alpha value is -3.09. The van der Waals surface area contributed by atoms with Gasteiger partial charge in [0, 0.05) is 31.9 Å². The molecular weight excluding hydrogens is 320 g/mol. The van der Waals surface area contributed by atoms with Gasteiger partial charge < -0.3 is 14.2 Å². The Balaban J connectivity index is 1.89. The van der Waals surface area contributed by atoms with Gasteiger partial charge in [-0.1, -0.05) is 12.1 Å². The molecule has 7 nitrogen and oxygen atoms in total. The lowest BCUT2D eigenvalue weighted by molar-refractivity contribution is -0.385. The highest BCUT2D eigenvalue weighted by Gasteiger charge is 2.17. The molecule has 0 amide bonds. The Morgan fingerprint density at radius 1 is 1.28 bits per heavy atom. The predicted molar refractivity (Wildman–Crippen MR) is 97.1 cm³/mol. The summed E-state index contributed by atoms with van der Waals surface area (Å²) < 4.78 is 7.48. The summed E-state index contributed by atoms with van der Waals surface area (Å²) in [7, 11) is 3.91. The van der Waals surface area contributed by atoms with Crippen LogP contribution in [0, 0.1) is 10.1 Å². The van der Waals surface area contributed by atoms with Crippen molar-refractivity contribution in [2.24, 2.45) is 7.05 Å². The molecule has 0 saturated heterocycles. The summed E-state index contributed by atoms with van der Waals surface area (Å²) >= 11 is 0. The summed E-state index contributed by atoms with van der Waals surface area (Å²) in [6, 6.07) is 12.9. The van der Waals surface area contributed by atoms with E-state index in [4.69, 9.17) is 4.74 Å². The van der Waals surface area contributed by atoms with Crippen LogP contribution in [-0.4, -0.2) is 28.1 Å². The van der Waals surface area contributed by atoms with Crippen molar-refractivity contribution in [2.45, 2.75) is 13.5 Å². The summed E-state index contributed by atoms with van der Waals surface area (Å²) in [6.45, 7) is 2.76. The molecule has 0 radical (unpaired) electrons. The first-order valence-electron chi connectivity index (χ1n) is 8.04. The van der Waals surface area contributed by atoms with Crippen molar-refractivity contribution in [1.82, 2.24) is 9.55 Å². The van der Waals surface area contributed by atoms with Gasteiger partial charge in [-0.25, -0.2) is 4.98 Å². The Labute approximate surface area is 145 Å². The summed E-state index contributed by atoms with van der Waals surface area (Å²) in [5, 5.41) is 11.1. The fraction of sp³-hybridized carbons (Fsp3) is 0.278. The van der Waals surface area contributed by atoms with Crippen molar-refractivity contribution in [3.05, 3.63) is 58.4 Å². The van der Waals surface area contributed by atoms with E-state index in [9.17, 15) is 10.1 Å². The number of hydrogen-bond donors (Lipinski definition) is 0. The normalized spacial score (nSPS) is 10.8. The van der Waals surface area contributed by atoms with Crippen LogP contribution in [0.5, 0.6) is 5.75 Å². The highest BCUT2D eigenvalue weighted by atomic mass is 16.6. The number of nitrogens with zero attached hydrogens (tertiary/aromatic N) is 4. The van der Waals surface area contributed by atoms with Crippen molar-refractivity contribution in [3.8, 4) is 5.75 Å². The second kappa shape index (κ2) is 6.80. The van der Waals surface area contributed by atoms with Crippen molar-refractivity contribution >= 4 is 22.4 Å². The average Bonchev–Trinajstić information content (AvgIpc) is 2.91. The fourth-order valence-electron chi connectivity index (χ4n) is 2.80. The number of nitro benzene ring substituents is 1. The minimum absolute atomic E-state index is 0.0262. The van der Waals surface area contributed by atoms with Crippen molar-refractivity contribution in [2.75, 3.05) is 18.6 Å². The van der Waals surface area contributed by atoms with Gasteiger partial charge in [0.2, 0.25) is 0 Å². The molecule has 0 aliphatic carbocycles. The van der Waals surface area contributed by atoms with Crippen LogP contribution >= 0.6 is 0 Å². The van der Waals surface area contributed by atoms with E-state index in [-0.39, 0.29) is 11.4 Å². The Morgan fingerprint density at radius 2 is 2.04 bits per heavy atom. The molecule has 0 unspecified atom stereocenters. The number of aromatic nitrogens is 2. The van der Waals surface area contributed by atoms with E-state index in [1.807, 2.05) is 43.3 Å². The minimum atomic E-state index is -0.430. The molecular formula is C18H20N4O3. The molecule has 7 heteroatoms. The molecule has 0 fully saturated rings. The summed E-state index contributed by atoms with van der Waals surface area (Å²) in [6.07, 6.45) is 0. The van der Waals surface area contributed by atoms with Crippen LogP contribution in [0.2, 0.25) is 0 Å². The van der Waals surface area contributed by atoms with Gasteiger partial charge in [-0.3, -0.25) is 10.1 Å².